The average Bonchev–Trinajstić information content (AvgIpc) is 2.85. The van der Waals surface area contributed by atoms with Gasteiger partial charge in [0.05, 0.1) is 19.3 Å². The molecule has 2 saturated heterocycles. The van der Waals surface area contributed by atoms with E-state index in [4.69, 9.17) is 19.4 Å². The molecule has 2 aliphatic heterocycles. The lowest BCUT2D eigenvalue weighted by molar-refractivity contribution is -0.124. The van der Waals surface area contributed by atoms with Crippen LogP contribution in [0.15, 0.2) is 0 Å². The molecule has 20 heteroatoms. The Bertz CT molecular complexity index is 820. The maximum Gasteiger partial charge on any atom is 0.490 e. The van der Waals surface area contributed by atoms with Crippen LogP contribution in [0, 0.1) is 5.92 Å². The van der Waals surface area contributed by atoms with E-state index in [2.05, 4.69) is 13.1 Å². The van der Waals surface area contributed by atoms with Gasteiger partial charge >= 0.3 is 29.5 Å². The average molecular weight is 502 g/mol. The monoisotopic (exact) mass is 502 g/mol. The Morgan fingerprint density at radius 2 is 1.77 bits per heavy atom. The van der Waals surface area contributed by atoms with Crippen LogP contribution in [0.4, 0.5) is 9.18 Å². The molecule has 6 N–H and O–H groups in total. The summed E-state index contributed by atoms with van der Waals surface area (Å²) in [5, 5.41) is 11.3. The van der Waals surface area contributed by atoms with E-state index in [1.807, 2.05) is 5.32 Å². The molecule has 16 nitrogen and oxygen atoms in total. The van der Waals surface area contributed by atoms with Crippen molar-refractivity contribution in [2.45, 2.75) is 24.9 Å². The summed E-state index contributed by atoms with van der Waals surface area (Å²) >= 11 is 0. The van der Waals surface area contributed by atoms with Crippen LogP contribution in [0.1, 0.15) is 6.42 Å². The molecule has 2 heterocycles. The van der Waals surface area contributed by atoms with E-state index in [-0.39, 0.29) is 13.0 Å². The Morgan fingerprint density at radius 1 is 1.13 bits per heavy atom. The van der Waals surface area contributed by atoms with Crippen LogP contribution in [0.3, 0.4) is 0 Å². The summed E-state index contributed by atoms with van der Waals surface area (Å²) in [4.78, 5) is 59.3. The number of nitrogens with one attached hydrogen (secondary N) is 1. The van der Waals surface area contributed by atoms with E-state index in [1.165, 1.54) is 0 Å². The molecule has 2 fully saturated rings. The second kappa shape index (κ2) is 9.36. The minimum atomic E-state index is -5.74. The van der Waals surface area contributed by atoms with E-state index in [0.29, 0.717) is 0 Å². The number of hydrogen-bond acceptors (Lipinski definition) is 10. The van der Waals surface area contributed by atoms with Crippen LogP contribution < -0.4 is 5.32 Å². The van der Waals surface area contributed by atoms with Crippen molar-refractivity contribution in [3.63, 3.8) is 0 Å². The molecule has 6 atom stereocenters. The molecule has 0 aromatic carbocycles. The number of ether oxygens (including phenoxy) is 1. The summed E-state index contributed by atoms with van der Waals surface area (Å²) in [6.07, 6.45) is -5.17. The van der Waals surface area contributed by atoms with E-state index in [1.54, 1.807) is 0 Å². The van der Waals surface area contributed by atoms with Gasteiger partial charge in [-0.15, -0.1) is 0 Å². The van der Waals surface area contributed by atoms with E-state index in [0.717, 1.165) is 4.90 Å². The highest BCUT2D eigenvalue weighted by atomic mass is 31.3. The third kappa shape index (κ3) is 6.85. The fraction of sp³-hybridized carbons (Fsp3) is 0.800. The summed E-state index contributed by atoms with van der Waals surface area (Å²) in [5.41, 5.74) is 0. The number of imide groups is 1. The van der Waals surface area contributed by atoms with Crippen LogP contribution in [-0.2, 0) is 36.4 Å². The van der Waals surface area contributed by atoms with Gasteiger partial charge in [-0.25, -0.2) is 22.9 Å². The number of urea groups is 1. The fourth-order valence-corrected chi connectivity index (χ4v) is 5.72. The van der Waals surface area contributed by atoms with Crippen molar-refractivity contribution in [2.75, 3.05) is 19.8 Å². The highest BCUT2D eigenvalue weighted by molar-refractivity contribution is 7.66. The number of phosphoric ester groups is 1. The molecule has 174 valence electrons. The third-order valence-electron chi connectivity index (χ3n) is 3.90. The predicted molar refractivity (Wildman–Crippen MR) is 88.8 cm³/mol. The Balaban J connectivity index is 2.02. The molecule has 0 aromatic heterocycles. The molecule has 2 rings (SSSR count). The zero-order chi connectivity index (χ0) is 22.9. The lowest BCUT2D eigenvalue weighted by Crippen LogP contribution is -2.55. The molecule has 0 aromatic rings. The molecule has 0 saturated carbocycles. The molecule has 0 spiro atoms. The summed E-state index contributed by atoms with van der Waals surface area (Å²) in [5.74, 6) is -1.96. The molecule has 2 aliphatic rings. The molecule has 30 heavy (non-hydrogen) atoms. The number of nitrogens with zero attached hydrogens (tertiary/aromatic N) is 1. The van der Waals surface area contributed by atoms with E-state index in [9.17, 15) is 37.7 Å². The first-order chi connectivity index (χ1) is 13.6. The van der Waals surface area contributed by atoms with Crippen molar-refractivity contribution < 1.29 is 70.2 Å². The number of aliphatic hydroxyl groups is 1. The van der Waals surface area contributed by atoms with Crippen LogP contribution in [0.5, 0.6) is 0 Å². The molecule has 0 aliphatic carbocycles. The Hall–Kier alpha value is -0.800. The summed E-state index contributed by atoms with van der Waals surface area (Å²) < 4.78 is 64.9. The van der Waals surface area contributed by atoms with Crippen molar-refractivity contribution in [1.82, 2.24) is 10.2 Å². The van der Waals surface area contributed by atoms with E-state index >= 15 is 0 Å². The third-order valence-corrected chi connectivity index (χ3v) is 7.70. The van der Waals surface area contributed by atoms with Gasteiger partial charge in [0.15, 0.2) is 12.4 Å². The number of aliphatic hydroxyl groups excluding tert-OH is 1. The van der Waals surface area contributed by atoms with Crippen molar-refractivity contribution in [3.05, 3.63) is 0 Å². The normalized spacial score (nSPS) is 31.9. The fourth-order valence-electron chi connectivity index (χ4n) is 2.69. The zero-order valence-electron chi connectivity index (χ0n) is 14.7. The second-order valence-corrected chi connectivity index (χ2v) is 10.5. The number of rotatable bonds is 9. The zero-order valence-corrected chi connectivity index (χ0v) is 17.4. The first-order valence-corrected chi connectivity index (χ1v) is 12.5. The van der Waals surface area contributed by atoms with Crippen LogP contribution in [-0.4, -0.2) is 79.8 Å². The standard InChI is InChI=1S/C10H18FN2O14P3/c11-8-5(3-14)6(25-9(8)13-2-1-7(15)12-10(13)16)4-24-29(20,21)27-30(22,23)26-28(17,18)19/h5-6,8-9,14H,1-4H2,(H,20,21)(H,22,23)(H,12,15,16)(H2,17,18,19)/t5-,6-,8-,9-/m1/s1. The number of carbonyl (C=O) groups is 2. The summed E-state index contributed by atoms with van der Waals surface area (Å²) in [7, 11) is -16.8. The highest BCUT2D eigenvalue weighted by Crippen LogP contribution is 2.66. The molecular formula is C10H18FN2O14P3. The molecule has 0 bridgehead atoms. The van der Waals surface area contributed by atoms with Crippen LogP contribution in [0.25, 0.3) is 0 Å². The lowest BCUT2D eigenvalue weighted by Gasteiger charge is -2.32. The molecule has 2 unspecified atom stereocenters. The number of hydrogen-bond donors (Lipinski definition) is 6. The molecular weight excluding hydrogens is 484 g/mol. The van der Waals surface area contributed by atoms with Crippen LogP contribution in [0.2, 0.25) is 0 Å². The second-order valence-electron chi connectivity index (χ2n) is 6.04. The Kier molecular flexibility index (Phi) is 7.95. The van der Waals surface area contributed by atoms with Crippen molar-refractivity contribution >= 4 is 35.4 Å². The number of carbonyl (C=O) groups excluding carboxylic acids is 2. The maximum atomic E-state index is 14.6. The number of amides is 3. The Labute approximate surface area is 167 Å². The summed E-state index contributed by atoms with van der Waals surface area (Å²) in [6.45, 7) is -2.05. The Morgan fingerprint density at radius 3 is 2.30 bits per heavy atom. The number of phosphoric acid groups is 3. The van der Waals surface area contributed by atoms with Gasteiger partial charge in [0.1, 0.15) is 0 Å². The SMILES string of the molecule is O=C1CCN([C@@H]2O[C@H](COP(=O)(O)OP(=O)(O)OP(=O)(O)O)[C@@H](CO)[C@H]2F)C(=O)N1. The van der Waals surface area contributed by atoms with Gasteiger partial charge in [0.25, 0.3) is 0 Å². The quantitative estimate of drug-likeness (QED) is 0.206. The van der Waals surface area contributed by atoms with Gasteiger partial charge < -0.3 is 29.4 Å². The van der Waals surface area contributed by atoms with Crippen molar-refractivity contribution in [1.29, 1.82) is 0 Å². The van der Waals surface area contributed by atoms with Crippen molar-refractivity contribution in [2.24, 2.45) is 5.92 Å². The highest BCUT2D eigenvalue weighted by Gasteiger charge is 2.50. The van der Waals surface area contributed by atoms with Gasteiger partial charge in [0, 0.05) is 18.9 Å². The van der Waals surface area contributed by atoms with Gasteiger partial charge in [0.2, 0.25) is 5.91 Å². The van der Waals surface area contributed by atoms with E-state index < -0.39 is 73.0 Å². The largest absolute Gasteiger partial charge is 0.490 e. The minimum absolute atomic E-state index is 0.145. The lowest BCUT2D eigenvalue weighted by atomic mass is 10.0. The minimum Gasteiger partial charge on any atom is -0.396 e. The first-order valence-electron chi connectivity index (χ1n) is 7.93. The predicted octanol–water partition coefficient (Wildman–Crippen LogP) is -1.06. The summed E-state index contributed by atoms with van der Waals surface area (Å²) in [6, 6.07) is -0.955. The first kappa shape index (κ1) is 25.5. The number of halogens is 1. The maximum absolute atomic E-state index is 14.6. The topological polar surface area (TPSA) is 239 Å². The molecule has 3 amide bonds. The smallest absolute Gasteiger partial charge is 0.396 e. The van der Waals surface area contributed by atoms with Gasteiger partial charge in [-0.05, 0) is 0 Å². The van der Waals surface area contributed by atoms with Crippen molar-refractivity contribution in [3.8, 4) is 0 Å². The van der Waals surface area contributed by atoms with Gasteiger partial charge in [-0.1, -0.05) is 0 Å². The number of alkyl halides is 1. The van der Waals surface area contributed by atoms with Crippen LogP contribution >= 0.6 is 23.5 Å². The molecule has 0 radical (unpaired) electrons. The van der Waals surface area contributed by atoms with Gasteiger partial charge in [-0.2, -0.15) is 8.62 Å². The van der Waals surface area contributed by atoms with Gasteiger partial charge in [-0.3, -0.25) is 19.5 Å².